The van der Waals surface area contributed by atoms with Crippen LogP contribution in [0.2, 0.25) is 0 Å². The smallest absolute Gasteiger partial charge is 0.372 e. The fourth-order valence-corrected chi connectivity index (χ4v) is 2.19. The zero-order valence-corrected chi connectivity index (χ0v) is 10.2. The minimum Gasteiger partial charge on any atom is -0.475 e. The fraction of sp³-hybridized carbons (Fsp3) is 0.429. The van der Waals surface area contributed by atoms with E-state index in [1.807, 2.05) is 44.2 Å². The van der Waals surface area contributed by atoms with Crippen LogP contribution in [0.5, 0.6) is 0 Å². The molecule has 3 nitrogen and oxygen atoms in total. The van der Waals surface area contributed by atoms with Gasteiger partial charge < -0.3 is 5.11 Å². The predicted octanol–water partition coefficient (Wildman–Crippen LogP) is 2.86. The van der Waals surface area contributed by atoms with Crippen molar-refractivity contribution in [1.82, 2.24) is 0 Å². The second-order valence-corrected chi connectivity index (χ2v) is 4.13. The molecule has 1 aromatic carbocycles. The van der Waals surface area contributed by atoms with E-state index in [1.165, 1.54) is 0 Å². The van der Waals surface area contributed by atoms with E-state index >= 15 is 0 Å². The highest BCUT2D eigenvalue weighted by atomic mass is 16.4. The van der Waals surface area contributed by atoms with E-state index in [2.05, 4.69) is 0 Å². The van der Waals surface area contributed by atoms with Gasteiger partial charge in [-0.25, -0.2) is 4.79 Å². The van der Waals surface area contributed by atoms with Gasteiger partial charge in [-0.1, -0.05) is 57.0 Å². The second-order valence-electron chi connectivity index (χ2n) is 4.13. The maximum absolute atomic E-state index is 11.8. The van der Waals surface area contributed by atoms with Crippen molar-refractivity contribution in [2.75, 3.05) is 0 Å². The number of Topliss-reactive ketones (excluding diaryl/α,β-unsaturated/α-hetero) is 1. The molecule has 92 valence electrons. The number of carboxylic acids is 1. The van der Waals surface area contributed by atoms with Crippen molar-refractivity contribution in [1.29, 1.82) is 0 Å². The maximum atomic E-state index is 11.8. The lowest BCUT2D eigenvalue weighted by Crippen LogP contribution is -2.27. The highest BCUT2D eigenvalue weighted by Crippen LogP contribution is 2.30. The van der Waals surface area contributed by atoms with Crippen molar-refractivity contribution in [2.45, 2.75) is 32.6 Å². The highest BCUT2D eigenvalue weighted by Gasteiger charge is 2.31. The van der Waals surface area contributed by atoms with Crippen molar-refractivity contribution in [2.24, 2.45) is 5.92 Å². The van der Waals surface area contributed by atoms with Crippen LogP contribution in [0.1, 0.15) is 38.2 Å². The van der Waals surface area contributed by atoms with Crippen molar-refractivity contribution >= 4 is 11.8 Å². The van der Waals surface area contributed by atoms with E-state index in [0.29, 0.717) is 0 Å². The van der Waals surface area contributed by atoms with Crippen molar-refractivity contribution in [3.63, 3.8) is 0 Å². The third-order valence-corrected chi connectivity index (χ3v) is 3.17. The first-order valence-electron chi connectivity index (χ1n) is 5.93. The third-order valence-electron chi connectivity index (χ3n) is 3.17. The summed E-state index contributed by atoms with van der Waals surface area (Å²) in [5.74, 6) is -2.49. The molecule has 1 N–H and O–H groups in total. The Kier molecular flexibility index (Phi) is 4.88. The molecule has 17 heavy (non-hydrogen) atoms. The van der Waals surface area contributed by atoms with E-state index in [0.717, 1.165) is 18.4 Å². The number of ketones is 1. The Morgan fingerprint density at radius 2 is 1.65 bits per heavy atom. The number of rotatable bonds is 6. The van der Waals surface area contributed by atoms with E-state index < -0.39 is 17.7 Å². The molecule has 1 aromatic rings. The van der Waals surface area contributed by atoms with E-state index in [9.17, 15) is 9.59 Å². The van der Waals surface area contributed by atoms with Crippen LogP contribution in [0, 0.1) is 5.92 Å². The number of carbonyl (C=O) groups is 2. The van der Waals surface area contributed by atoms with Crippen molar-refractivity contribution < 1.29 is 14.7 Å². The molecule has 1 atom stereocenters. The molecule has 0 aliphatic rings. The molecular formula is C14H18O3. The van der Waals surface area contributed by atoms with Gasteiger partial charge in [0.15, 0.2) is 0 Å². The Hall–Kier alpha value is -1.64. The summed E-state index contributed by atoms with van der Waals surface area (Å²) in [7, 11) is 0. The molecular weight excluding hydrogens is 216 g/mol. The van der Waals surface area contributed by atoms with E-state index in [4.69, 9.17) is 5.11 Å². The van der Waals surface area contributed by atoms with Crippen molar-refractivity contribution in [3.8, 4) is 0 Å². The quantitative estimate of drug-likeness (QED) is 0.770. The molecule has 0 fully saturated rings. The zero-order valence-electron chi connectivity index (χ0n) is 10.2. The summed E-state index contributed by atoms with van der Waals surface area (Å²) in [6.45, 7) is 3.97. The molecule has 0 aromatic heterocycles. The Bertz CT molecular complexity index is 380. The minimum absolute atomic E-state index is 0.0843. The monoisotopic (exact) mass is 234 g/mol. The number of benzene rings is 1. The van der Waals surface area contributed by atoms with Gasteiger partial charge >= 0.3 is 5.97 Å². The van der Waals surface area contributed by atoms with Crippen LogP contribution in [0.4, 0.5) is 0 Å². The molecule has 0 aliphatic heterocycles. The first kappa shape index (κ1) is 13.4. The molecule has 0 heterocycles. The standard InChI is InChI=1S/C14H18O3/c1-3-10(4-2)12(13(15)14(16)17)11-8-6-5-7-9-11/h5-10,12H,3-4H2,1-2H3,(H,16,17). The third kappa shape index (κ3) is 3.16. The van der Waals surface area contributed by atoms with E-state index in [1.54, 1.807) is 0 Å². The van der Waals surface area contributed by atoms with Crippen LogP contribution in [0.25, 0.3) is 0 Å². The van der Waals surface area contributed by atoms with E-state index in [-0.39, 0.29) is 5.92 Å². The number of hydrogen-bond acceptors (Lipinski definition) is 2. The Balaban J connectivity index is 3.11. The SMILES string of the molecule is CCC(CC)C(C(=O)C(=O)O)c1ccccc1. The van der Waals surface area contributed by atoms with Gasteiger partial charge in [-0.2, -0.15) is 0 Å². The van der Waals surface area contributed by atoms with Gasteiger partial charge in [0.25, 0.3) is 0 Å². The molecule has 0 saturated carbocycles. The van der Waals surface area contributed by atoms with Gasteiger partial charge in [-0.15, -0.1) is 0 Å². The van der Waals surface area contributed by atoms with Gasteiger partial charge in [0.05, 0.1) is 5.92 Å². The van der Waals surface area contributed by atoms with Crippen LogP contribution in [-0.2, 0) is 9.59 Å². The number of carboxylic acid groups (broad SMARTS) is 1. The van der Waals surface area contributed by atoms with Gasteiger partial charge in [-0.05, 0) is 11.5 Å². The first-order valence-corrected chi connectivity index (χ1v) is 5.93. The van der Waals surface area contributed by atoms with Crippen LogP contribution in [-0.4, -0.2) is 16.9 Å². The van der Waals surface area contributed by atoms with Crippen LogP contribution >= 0.6 is 0 Å². The van der Waals surface area contributed by atoms with Gasteiger partial charge in [0.1, 0.15) is 0 Å². The fourth-order valence-electron chi connectivity index (χ4n) is 2.19. The minimum atomic E-state index is -1.34. The summed E-state index contributed by atoms with van der Waals surface area (Å²) in [6.07, 6.45) is 1.60. The Labute approximate surface area is 101 Å². The van der Waals surface area contributed by atoms with Crippen LogP contribution in [0.15, 0.2) is 30.3 Å². The van der Waals surface area contributed by atoms with Gasteiger partial charge in [0.2, 0.25) is 5.78 Å². The van der Waals surface area contributed by atoms with Gasteiger partial charge in [0, 0.05) is 0 Å². The van der Waals surface area contributed by atoms with Crippen LogP contribution in [0.3, 0.4) is 0 Å². The summed E-state index contributed by atoms with van der Waals surface area (Å²) >= 11 is 0. The molecule has 0 amide bonds. The molecule has 0 bridgehead atoms. The second kappa shape index (κ2) is 6.18. The normalized spacial score (nSPS) is 12.4. The highest BCUT2D eigenvalue weighted by molar-refractivity contribution is 6.35. The maximum Gasteiger partial charge on any atom is 0.372 e. The topological polar surface area (TPSA) is 54.4 Å². The lowest BCUT2D eigenvalue weighted by Gasteiger charge is -2.22. The summed E-state index contributed by atoms with van der Waals surface area (Å²) in [5, 5.41) is 8.90. The van der Waals surface area contributed by atoms with Crippen LogP contribution < -0.4 is 0 Å². The number of carbonyl (C=O) groups excluding carboxylic acids is 1. The summed E-state index contributed by atoms with van der Waals surface area (Å²) in [5.41, 5.74) is 0.800. The molecule has 3 heteroatoms. The largest absolute Gasteiger partial charge is 0.475 e. The molecule has 1 unspecified atom stereocenters. The molecule has 0 spiro atoms. The first-order chi connectivity index (χ1) is 8.11. The predicted molar refractivity (Wildman–Crippen MR) is 65.9 cm³/mol. The summed E-state index contributed by atoms with van der Waals surface area (Å²) in [6, 6.07) is 9.17. The lowest BCUT2D eigenvalue weighted by atomic mass is 9.80. The molecule has 0 radical (unpaired) electrons. The molecule has 0 aliphatic carbocycles. The molecule has 0 saturated heterocycles. The lowest BCUT2D eigenvalue weighted by molar-refractivity contribution is -0.150. The number of aliphatic carboxylic acids is 1. The van der Waals surface area contributed by atoms with Crippen molar-refractivity contribution in [3.05, 3.63) is 35.9 Å². The average molecular weight is 234 g/mol. The Morgan fingerprint density at radius 3 is 2.06 bits per heavy atom. The summed E-state index contributed by atoms with van der Waals surface area (Å²) in [4.78, 5) is 22.7. The summed E-state index contributed by atoms with van der Waals surface area (Å²) < 4.78 is 0. The number of hydrogen-bond donors (Lipinski definition) is 1. The Morgan fingerprint density at radius 1 is 1.12 bits per heavy atom. The van der Waals surface area contributed by atoms with Gasteiger partial charge in [-0.3, -0.25) is 4.79 Å². The zero-order chi connectivity index (χ0) is 12.8. The molecule has 1 rings (SSSR count). The average Bonchev–Trinajstić information content (AvgIpc) is 2.36.